The lowest BCUT2D eigenvalue weighted by atomic mass is 9.91. The molecular weight excluding hydrogens is 232 g/mol. The van der Waals surface area contributed by atoms with Crippen LogP contribution in [0.3, 0.4) is 0 Å². The molecule has 0 saturated carbocycles. The summed E-state index contributed by atoms with van der Waals surface area (Å²) in [6, 6.07) is 7.20. The fraction of sp³-hybridized carbons (Fsp3) is 0.462. The number of benzene rings is 1. The monoisotopic (exact) mass is 248 g/mol. The molecular formula is C13H16N2O3. The minimum absolute atomic E-state index is 0.279. The van der Waals surface area contributed by atoms with Crippen LogP contribution in [0.25, 0.3) is 0 Å². The van der Waals surface area contributed by atoms with Crippen LogP contribution in [0.2, 0.25) is 0 Å². The Bertz CT molecular complexity index is 450. The van der Waals surface area contributed by atoms with E-state index in [9.17, 15) is 9.90 Å². The molecule has 0 unspecified atom stereocenters. The number of piperidine rings is 1. The Morgan fingerprint density at radius 1 is 1.22 bits per heavy atom. The molecule has 1 spiro atoms. The number of phenolic OH excluding ortho intramolecular Hbond substituents is 1. The first-order chi connectivity index (χ1) is 8.67. The fourth-order valence-corrected chi connectivity index (χ4v) is 2.62. The van der Waals surface area contributed by atoms with Crippen molar-refractivity contribution in [2.75, 3.05) is 24.5 Å². The predicted molar refractivity (Wildman–Crippen MR) is 66.8 cm³/mol. The van der Waals surface area contributed by atoms with E-state index in [1.807, 2.05) is 12.1 Å². The number of carbonyl (C=O) groups excluding carboxylic acids is 1. The van der Waals surface area contributed by atoms with E-state index in [0.29, 0.717) is 6.54 Å². The third-order valence-electron chi connectivity index (χ3n) is 3.75. The summed E-state index contributed by atoms with van der Waals surface area (Å²) in [5, 5.41) is 12.0. The SMILES string of the molecule is O=C1NCC2(CCN(c3ccc(O)cc3)CC2)O1. The molecule has 2 heterocycles. The largest absolute Gasteiger partial charge is 0.508 e. The van der Waals surface area contributed by atoms with Gasteiger partial charge < -0.3 is 20.1 Å². The van der Waals surface area contributed by atoms with Crippen LogP contribution in [-0.2, 0) is 4.74 Å². The topological polar surface area (TPSA) is 61.8 Å². The Labute approximate surface area is 105 Å². The fourth-order valence-electron chi connectivity index (χ4n) is 2.62. The molecule has 1 aromatic carbocycles. The van der Waals surface area contributed by atoms with Crippen LogP contribution < -0.4 is 10.2 Å². The summed E-state index contributed by atoms with van der Waals surface area (Å²) in [6.07, 6.45) is 1.38. The number of rotatable bonds is 1. The van der Waals surface area contributed by atoms with Crippen molar-refractivity contribution in [3.63, 3.8) is 0 Å². The van der Waals surface area contributed by atoms with Gasteiger partial charge in [-0.3, -0.25) is 0 Å². The number of hydrogen-bond acceptors (Lipinski definition) is 4. The quantitative estimate of drug-likeness (QED) is 0.790. The van der Waals surface area contributed by atoms with Gasteiger partial charge >= 0.3 is 6.09 Å². The lowest BCUT2D eigenvalue weighted by Crippen LogP contribution is -2.46. The molecule has 3 rings (SSSR count). The molecule has 96 valence electrons. The first kappa shape index (κ1) is 11.2. The van der Waals surface area contributed by atoms with Crippen molar-refractivity contribution in [1.29, 1.82) is 0 Å². The van der Waals surface area contributed by atoms with E-state index in [1.54, 1.807) is 12.1 Å². The van der Waals surface area contributed by atoms with Crippen molar-refractivity contribution in [3.8, 4) is 5.75 Å². The average molecular weight is 248 g/mol. The zero-order valence-corrected chi connectivity index (χ0v) is 10.1. The van der Waals surface area contributed by atoms with E-state index < -0.39 is 0 Å². The Morgan fingerprint density at radius 3 is 2.44 bits per heavy atom. The van der Waals surface area contributed by atoms with Gasteiger partial charge in [0.25, 0.3) is 0 Å². The number of aromatic hydroxyl groups is 1. The second kappa shape index (κ2) is 4.08. The van der Waals surface area contributed by atoms with Gasteiger partial charge in [-0.2, -0.15) is 0 Å². The number of carbonyl (C=O) groups is 1. The van der Waals surface area contributed by atoms with Gasteiger partial charge in [-0.25, -0.2) is 4.79 Å². The molecule has 2 aliphatic heterocycles. The smallest absolute Gasteiger partial charge is 0.407 e. The lowest BCUT2D eigenvalue weighted by molar-refractivity contribution is 0.0367. The van der Waals surface area contributed by atoms with Gasteiger partial charge in [0.05, 0.1) is 6.54 Å². The average Bonchev–Trinajstić information content (AvgIpc) is 2.73. The number of amides is 1. The number of nitrogens with one attached hydrogen (secondary N) is 1. The summed E-state index contributed by atoms with van der Waals surface area (Å²) in [5.74, 6) is 0.279. The molecule has 0 atom stereocenters. The maximum atomic E-state index is 11.1. The van der Waals surface area contributed by atoms with E-state index in [4.69, 9.17) is 4.74 Å². The van der Waals surface area contributed by atoms with Gasteiger partial charge in [0.15, 0.2) is 0 Å². The summed E-state index contributed by atoms with van der Waals surface area (Å²) in [6.45, 7) is 2.34. The van der Waals surface area contributed by atoms with Crippen molar-refractivity contribution in [3.05, 3.63) is 24.3 Å². The molecule has 18 heavy (non-hydrogen) atoms. The van der Waals surface area contributed by atoms with Crippen LogP contribution in [0.1, 0.15) is 12.8 Å². The maximum absolute atomic E-state index is 11.1. The molecule has 5 nitrogen and oxygen atoms in total. The van der Waals surface area contributed by atoms with Crippen molar-refractivity contribution < 1.29 is 14.6 Å². The van der Waals surface area contributed by atoms with Crippen LogP contribution in [0.4, 0.5) is 10.5 Å². The van der Waals surface area contributed by atoms with E-state index in [1.165, 1.54) is 0 Å². The Hall–Kier alpha value is -1.91. The molecule has 1 aromatic rings. The third-order valence-corrected chi connectivity index (χ3v) is 3.75. The molecule has 2 saturated heterocycles. The van der Waals surface area contributed by atoms with Crippen LogP contribution in [0, 0.1) is 0 Å². The number of hydrogen-bond donors (Lipinski definition) is 2. The Kier molecular flexibility index (Phi) is 2.54. The second-order valence-corrected chi connectivity index (χ2v) is 4.93. The summed E-state index contributed by atoms with van der Waals surface area (Å²) < 4.78 is 5.38. The highest BCUT2D eigenvalue weighted by atomic mass is 16.6. The van der Waals surface area contributed by atoms with E-state index >= 15 is 0 Å². The number of anilines is 1. The van der Waals surface area contributed by atoms with E-state index in [0.717, 1.165) is 31.6 Å². The second-order valence-electron chi connectivity index (χ2n) is 4.93. The number of alkyl carbamates (subject to hydrolysis) is 1. The molecule has 5 heteroatoms. The van der Waals surface area contributed by atoms with Crippen LogP contribution in [0.15, 0.2) is 24.3 Å². The van der Waals surface area contributed by atoms with Gasteiger partial charge in [-0.05, 0) is 24.3 Å². The van der Waals surface area contributed by atoms with Gasteiger partial charge in [0, 0.05) is 31.6 Å². The number of phenols is 1. The van der Waals surface area contributed by atoms with Crippen LogP contribution in [0.5, 0.6) is 5.75 Å². The summed E-state index contributed by atoms with van der Waals surface area (Å²) in [5.41, 5.74) is 0.796. The van der Waals surface area contributed by atoms with E-state index in [-0.39, 0.29) is 17.4 Å². The molecule has 2 fully saturated rings. The first-order valence-corrected chi connectivity index (χ1v) is 6.18. The van der Waals surface area contributed by atoms with Crippen molar-refractivity contribution in [1.82, 2.24) is 5.32 Å². The normalized spacial score (nSPS) is 21.8. The standard InChI is InChI=1S/C13H16N2O3/c16-11-3-1-10(2-4-11)15-7-5-13(6-8-15)9-14-12(17)18-13/h1-4,16H,5-9H2,(H,14,17). The molecule has 0 bridgehead atoms. The minimum atomic E-state index is -0.301. The number of nitrogens with zero attached hydrogens (tertiary/aromatic N) is 1. The van der Waals surface area contributed by atoms with Gasteiger partial charge in [0.2, 0.25) is 0 Å². The van der Waals surface area contributed by atoms with Crippen molar-refractivity contribution >= 4 is 11.8 Å². The highest BCUT2D eigenvalue weighted by Crippen LogP contribution is 2.31. The third kappa shape index (κ3) is 1.96. The van der Waals surface area contributed by atoms with Gasteiger partial charge in [0.1, 0.15) is 11.4 Å². The number of ether oxygens (including phenoxy) is 1. The molecule has 1 amide bonds. The molecule has 2 aliphatic rings. The molecule has 2 N–H and O–H groups in total. The molecule has 0 aliphatic carbocycles. The highest BCUT2D eigenvalue weighted by Gasteiger charge is 2.42. The predicted octanol–water partition coefficient (Wildman–Crippen LogP) is 1.47. The maximum Gasteiger partial charge on any atom is 0.407 e. The summed E-state index contributed by atoms with van der Waals surface area (Å²) >= 11 is 0. The van der Waals surface area contributed by atoms with Crippen LogP contribution >= 0.6 is 0 Å². The van der Waals surface area contributed by atoms with Crippen molar-refractivity contribution in [2.24, 2.45) is 0 Å². The first-order valence-electron chi connectivity index (χ1n) is 6.18. The minimum Gasteiger partial charge on any atom is -0.508 e. The van der Waals surface area contributed by atoms with Crippen LogP contribution in [-0.4, -0.2) is 36.4 Å². The van der Waals surface area contributed by atoms with Gasteiger partial charge in [-0.15, -0.1) is 0 Å². The molecule has 0 radical (unpaired) electrons. The van der Waals surface area contributed by atoms with Gasteiger partial charge in [-0.1, -0.05) is 0 Å². The molecule has 0 aromatic heterocycles. The lowest BCUT2D eigenvalue weighted by Gasteiger charge is -2.38. The Balaban J connectivity index is 1.66. The highest BCUT2D eigenvalue weighted by molar-refractivity contribution is 5.70. The summed E-state index contributed by atoms with van der Waals surface area (Å²) in [4.78, 5) is 13.4. The van der Waals surface area contributed by atoms with Crippen molar-refractivity contribution in [2.45, 2.75) is 18.4 Å². The van der Waals surface area contributed by atoms with E-state index in [2.05, 4.69) is 10.2 Å². The Morgan fingerprint density at radius 2 is 1.89 bits per heavy atom. The summed E-state index contributed by atoms with van der Waals surface area (Å²) in [7, 11) is 0. The zero-order valence-electron chi connectivity index (χ0n) is 10.1. The zero-order chi connectivity index (χ0) is 12.6.